The molecular weight excluding hydrogens is 314 g/mol. The van der Waals surface area contributed by atoms with Gasteiger partial charge in [0.1, 0.15) is 5.76 Å². The third-order valence-corrected chi connectivity index (χ3v) is 4.50. The predicted molar refractivity (Wildman–Crippen MR) is 93.5 cm³/mol. The Kier molecular flexibility index (Phi) is 3.94. The van der Waals surface area contributed by atoms with Gasteiger partial charge in [0, 0.05) is 41.8 Å². The van der Waals surface area contributed by atoms with E-state index in [4.69, 9.17) is 4.42 Å². The van der Waals surface area contributed by atoms with Crippen LogP contribution in [0.1, 0.15) is 37.6 Å². The minimum absolute atomic E-state index is 0.0606. The number of nitrogens with zero attached hydrogens (tertiary/aromatic N) is 1. The maximum Gasteiger partial charge on any atom is 0.254 e. The SMILES string of the molecule is O=C(c1ccccc1)c1cccc(C(=O)N2CCc3occc3C2)c1. The fourth-order valence-electron chi connectivity index (χ4n) is 3.15. The van der Waals surface area contributed by atoms with Crippen molar-refractivity contribution in [2.45, 2.75) is 13.0 Å². The maximum atomic E-state index is 12.8. The van der Waals surface area contributed by atoms with E-state index >= 15 is 0 Å². The van der Waals surface area contributed by atoms with Crippen LogP contribution in [0, 0.1) is 0 Å². The number of rotatable bonds is 3. The second kappa shape index (κ2) is 6.40. The highest BCUT2D eigenvalue weighted by Crippen LogP contribution is 2.22. The number of benzene rings is 2. The van der Waals surface area contributed by atoms with Crippen LogP contribution in [0.25, 0.3) is 0 Å². The first-order chi connectivity index (χ1) is 12.2. The molecule has 0 atom stereocenters. The van der Waals surface area contributed by atoms with Crippen LogP contribution < -0.4 is 0 Å². The first-order valence-electron chi connectivity index (χ1n) is 8.27. The smallest absolute Gasteiger partial charge is 0.254 e. The van der Waals surface area contributed by atoms with Crippen molar-refractivity contribution < 1.29 is 14.0 Å². The van der Waals surface area contributed by atoms with Gasteiger partial charge >= 0.3 is 0 Å². The number of amides is 1. The monoisotopic (exact) mass is 331 g/mol. The van der Waals surface area contributed by atoms with E-state index in [2.05, 4.69) is 0 Å². The number of hydrogen-bond donors (Lipinski definition) is 0. The van der Waals surface area contributed by atoms with Gasteiger partial charge < -0.3 is 9.32 Å². The van der Waals surface area contributed by atoms with Crippen LogP contribution in [0.15, 0.2) is 71.3 Å². The van der Waals surface area contributed by atoms with Gasteiger partial charge in [0.2, 0.25) is 0 Å². The minimum atomic E-state index is -0.0778. The van der Waals surface area contributed by atoms with Crippen molar-refractivity contribution in [3.8, 4) is 0 Å². The largest absolute Gasteiger partial charge is 0.469 e. The van der Waals surface area contributed by atoms with Gasteiger partial charge in [-0.05, 0) is 18.2 Å². The first-order valence-corrected chi connectivity index (χ1v) is 8.27. The number of fused-ring (bicyclic) bond motifs is 1. The normalized spacial score (nSPS) is 13.4. The summed E-state index contributed by atoms with van der Waals surface area (Å²) in [5.41, 5.74) is 2.73. The molecule has 0 radical (unpaired) electrons. The van der Waals surface area contributed by atoms with Crippen molar-refractivity contribution in [3.05, 3.63) is 94.9 Å². The summed E-state index contributed by atoms with van der Waals surface area (Å²) in [6, 6.07) is 18.0. The molecule has 0 N–H and O–H groups in total. The average Bonchev–Trinajstić information content (AvgIpc) is 3.15. The summed E-state index contributed by atoms with van der Waals surface area (Å²) in [6.45, 7) is 1.16. The third kappa shape index (κ3) is 2.98. The predicted octanol–water partition coefficient (Wildman–Crippen LogP) is 3.71. The van der Waals surface area contributed by atoms with E-state index in [1.807, 2.05) is 24.3 Å². The van der Waals surface area contributed by atoms with Crippen LogP contribution >= 0.6 is 0 Å². The van der Waals surface area contributed by atoms with Crippen LogP contribution in [0.3, 0.4) is 0 Å². The van der Waals surface area contributed by atoms with E-state index in [-0.39, 0.29) is 11.7 Å². The van der Waals surface area contributed by atoms with Crippen molar-refractivity contribution >= 4 is 11.7 Å². The Balaban J connectivity index is 1.57. The van der Waals surface area contributed by atoms with Crippen LogP contribution in [-0.4, -0.2) is 23.1 Å². The van der Waals surface area contributed by atoms with Crippen molar-refractivity contribution in [3.63, 3.8) is 0 Å². The van der Waals surface area contributed by atoms with Crippen LogP contribution in [0.4, 0.5) is 0 Å². The van der Waals surface area contributed by atoms with E-state index in [9.17, 15) is 9.59 Å². The number of hydrogen-bond acceptors (Lipinski definition) is 3. The second-order valence-corrected chi connectivity index (χ2v) is 6.12. The summed E-state index contributed by atoms with van der Waals surface area (Å²) in [4.78, 5) is 27.2. The first kappa shape index (κ1) is 15.4. The Morgan fingerprint density at radius 1 is 0.880 bits per heavy atom. The molecule has 25 heavy (non-hydrogen) atoms. The Labute approximate surface area is 145 Å². The van der Waals surface area contributed by atoms with E-state index in [0.29, 0.717) is 29.8 Å². The quantitative estimate of drug-likeness (QED) is 0.688. The van der Waals surface area contributed by atoms with Crippen LogP contribution in [0.2, 0.25) is 0 Å². The molecule has 4 heteroatoms. The molecule has 4 nitrogen and oxygen atoms in total. The molecule has 0 saturated heterocycles. The molecule has 2 heterocycles. The Morgan fingerprint density at radius 2 is 1.64 bits per heavy atom. The molecule has 3 aromatic rings. The highest BCUT2D eigenvalue weighted by atomic mass is 16.3. The van der Waals surface area contributed by atoms with Crippen molar-refractivity contribution in [2.75, 3.05) is 6.54 Å². The minimum Gasteiger partial charge on any atom is -0.469 e. The summed E-state index contributed by atoms with van der Waals surface area (Å²) < 4.78 is 5.41. The molecule has 0 fully saturated rings. The molecule has 0 spiro atoms. The molecule has 1 aromatic heterocycles. The molecule has 1 aliphatic heterocycles. The van der Waals surface area contributed by atoms with E-state index < -0.39 is 0 Å². The van der Waals surface area contributed by atoms with Gasteiger partial charge in [-0.25, -0.2) is 0 Å². The highest BCUT2D eigenvalue weighted by molar-refractivity contribution is 6.10. The lowest BCUT2D eigenvalue weighted by molar-refractivity contribution is 0.0730. The standard InChI is InChI=1S/C21H17NO3/c23-20(15-5-2-1-3-6-15)16-7-4-8-17(13-16)21(24)22-11-9-19-18(14-22)10-12-25-19/h1-8,10,12-13H,9,11,14H2. The van der Waals surface area contributed by atoms with Crippen molar-refractivity contribution in [1.29, 1.82) is 0 Å². The molecule has 4 rings (SSSR count). The van der Waals surface area contributed by atoms with Gasteiger partial charge in [-0.15, -0.1) is 0 Å². The van der Waals surface area contributed by atoms with Gasteiger partial charge in [-0.2, -0.15) is 0 Å². The summed E-state index contributed by atoms with van der Waals surface area (Å²) in [5, 5.41) is 0. The lowest BCUT2D eigenvalue weighted by Crippen LogP contribution is -2.35. The van der Waals surface area contributed by atoms with E-state index in [1.165, 1.54) is 0 Å². The molecule has 124 valence electrons. The number of furan rings is 1. The molecule has 2 aromatic carbocycles. The summed E-state index contributed by atoms with van der Waals surface area (Å²) >= 11 is 0. The zero-order valence-electron chi connectivity index (χ0n) is 13.6. The van der Waals surface area contributed by atoms with E-state index in [1.54, 1.807) is 47.6 Å². The summed E-state index contributed by atoms with van der Waals surface area (Å²) in [5.74, 6) is 0.817. The van der Waals surface area contributed by atoms with Crippen molar-refractivity contribution in [2.24, 2.45) is 0 Å². The molecule has 0 unspecified atom stereocenters. The molecule has 1 aliphatic rings. The number of ketones is 1. The Bertz CT molecular complexity index is 927. The number of carbonyl (C=O) groups excluding carboxylic acids is 2. The average molecular weight is 331 g/mol. The fraction of sp³-hybridized carbons (Fsp3) is 0.143. The summed E-state index contributed by atoms with van der Waals surface area (Å²) in [6.07, 6.45) is 2.38. The van der Waals surface area contributed by atoms with Crippen LogP contribution in [0.5, 0.6) is 0 Å². The molecule has 0 aliphatic carbocycles. The third-order valence-electron chi connectivity index (χ3n) is 4.50. The highest BCUT2D eigenvalue weighted by Gasteiger charge is 2.24. The second-order valence-electron chi connectivity index (χ2n) is 6.12. The topological polar surface area (TPSA) is 50.5 Å². The molecule has 1 amide bonds. The fourth-order valence-corrected chi connectivity index (χ4v) is 3.15. The molecule has 0 bridgehead atoms. The zero-order chi connectivity index (χ0) is 17.2. The Hall–Kier alpha value is -3.14. The van der Waals surface area contributed by atoms with Crippen LogP contribution in [-0.2, 0) is 13.0 Å². The lowest BCUT2D eigenvalue weighted by atomic mass is 10.0. The molecule has 0 saturated carbocycles. The maximum absolute atomic E-state index is 12.8. The molecular formula is C21H17NO3. The summed E-state index contributed by atoms with van der Waals surface area (Å²) in [7, 11) is 0. The van der Waals surface area contributed by atoms with Crippen molar-refractivity contribution in [1.82, 2.24) is 4.90 Å². The zero-order valence-corrected chi connectivity index (χ0v) is 13.6. The lowest BCUT2D eigenvalue weighted by Gasteiger charge is -2.26. The van der Waals surface area contributed by atoms with Gasteiger partial charge in [-0.1, -0.05) is 42.5 Å². The Morgan fingerprint density at radius 3 is 2.48 bits per heavy atom. The van der Waals surface area contributed by atoms with Gasteiger partial charge in [-0.3, -0.25) is 9.59 Å². The van der Waals surface area contributed by atoms with Gasteiger partial charge in [0.15, 0.2) is 5.78 Å². The number of carbonyl (C=O) groups is 2. The van der Waals surface area contributed by atoms with E-state index in [0.717, 1.165) is 17.7 Å². The van der Waals surface area contributed by atoms with Gasteiger partial charge in [0.05, 0.1) is 6.26 Å². The van der Waals surface area contributed by atoms with Gasteiger partial charge in [0.25, 0.3) is 5.91 Å².